The Morgan fingerprint density at radius 3 is 2.62 bits per heavy atom. The number of piperidine rings is 1. The Labute approximate surface area is 137 Å². The number of aromatic nitrogens is 1. The van der Waals surface area contributed by atoms with Gasteiger partial charge in [-0.25, -0.2) is 4.79 Å². The van der Waals surface area contributed by atoms with Gasteiger partial charge < -0.3 is 15.2 Å². The molecule has 1 saturated carbocycles. The van der Waals surface area contributed by atoms with Gasteiger partial charge in [0.05, 0.1) is 5.56 Å². The molecule has 5 nitrogen and oxygen atoms in total. The summed E-state index contributed by atoms with van der Waals surface area (Å²) in [6, 6.07) is 0.160. The molecule has 0 radical (unpaired) electrons. The number of halogens is 3. The van der Waals surface area contributed by atoms with Gasteiger partial charge in [0.25, 0.3) is 5.56 Å². The van der Waals surface area contributed by atoms with Crippen LogP contribution >= 0.6 is 0 Å². The van der Waals surface area contributed by atoms with Crippen molar-refractivity contribution in [3.63, 3.8) is 0 Å². The molecule has 2 atom stereocenters. The molecule has 2 amide bonds. The second-order valence-corrected chi connectivity index (χ2v) is 6.60. The first-order valence-electron chi connectivity index (χ1n) is 8.20. The highest BCUT2D eigenvalue weighted by molar-refractivity contribution is 5.89. The number of amides is 2. The maximum atomic E-state index is 12.7. The number of urea groups is 1. The molecular weight excluding hydrogens is 323 g/mol. The third-order valence-corrected chi connectivity index (χ3v) is 5.05. The van der Waals surface area contributed by atoms with Gasteiger partial charge in [0.15, 0.2) is 0 Å². The van der Waals surface area contributed by atoms with Crippen LogP contribution in [0.1, 0.15) is 37.7 Å². The second kappa shape index (κ2) is 6.49. The molecule has 132 valence electrons. The summed E-state index contributed by atoms with van der Waals surface area (Å²) in [6.07, 6.45) is 1.59. The Hall–Kier alpha value is -1.99. The Bertz CT molecular complexity index is 671. The summed E-state index contributed by atoms with van der Waals surface area (Å²) in [7, 11) is 0. The number of aromatic amines is 1. The molecule has 3 rings (SSSR count). The zero-order valence-corrected chi connectivity index (χ0v) is 13.2. The number of pyridine rings is 1. The van der Waals surface area contributed by atoms with E-state index in [1.54, 1.807) is 4.90 Å². The SMILES string of the molecule is O=C(Nc1cc(C(F)(F)F)c[nH]c1=O)N1CC[C@H]2CCCC[C@H]2C1. The highest BCUT2D eigenvalue weighted by Crippen LogP contribution is 2.36. The van der Waals surface area contributed by atoms with E-state index in [1.165, 1.54) is 12.8 Å². The number of H-pyrrole nitrogens is 1. The van der Waals surface area contributed by atoms with Crippen molar-refractivity contribution in [3.05, 3.63) is 28.2 Å². The molecule has 1 aliphatic heterocycles. The number of likely N-dealkylation sites (tertiary alicyclic amines) is 1. The van der Waals surface area contributed by atoms with Crippen molar-refractivity contribution in [2.24, 2.45) is 11.8 Å². The predicted octanol–water partition coefficient (Wildman–Crippen LogP) is 3.44. The fourth-order valence-corrected chi connectivity index (χ4v) is 3.72. The normalized spacial score (nSPS) is 24.4. The summed E-state index contributed by atoms with van der Waals surface area (Å²) in [5, 5.41) is 2.33. The molecule has 1 aromatic heterocycles. The van der Waals surface area contributed by atoms with Crippen LogP contribution in [0.2, 0.25) is 0 Å². The van der Waals surface area contributed by atoms with Gasteiger partial charge >= 0.3 is 12.2 Å². The monoisotopic (exact) mass is 343 g/mol. The van der Waals surface area contributed by atoms with Gasteiger partial charge in [-0.05, 0) is 30.7 Å². The molecule has 0 unspecified atom stereocenters. The van der Waals surface area contributed by atoms with Gasteiger partial charge in [0.2, 0.25) is 0 Å². The summed E-state index contributed by atoms with van der Waals surface area (Å²) in [4.78, 5) is 27.6. The number of hydrogen-bond donors (Lipinski definition) is 2. The molecule has 0 bridgehead atoms. The zero-order chi connectivity index (χ0) is 17.3. The van der Waals surface area contributed by atoms with Crippen LogP contribution in [0.5, 0.6) is 0 Å². The lowest BCUT2D eigenvalue weighted by molar-refractivity contribution is -0.137. The molecule has 8 heteroatoms. The Morgan fingerprint density at radius 1 is 1.21 bits per heavy atom. The van der Waals surface area contributed by atoms with Gasteiger partial charge in [0, 0.05) is 19.3 Å². The van der Waals surface area contributed by atoms with Gasteiger partial charge in [0.1, 0.15) is 5.69 Å². The molecule has 24 heavy (non-hydrogen) atoms. The summed E-state index contributed by atoms with van der Waals surface area (Å²) in [6.45, 7) is 1.18. The lowest BCUT2D eigenvalue weighted by atomic mass is 9.75. The standard InChI is InChI=1S/C16H20F3N3O2/c17-16(18,19)12-7-13(14(23)20-8-12)21-15(24)22-6-5-10-3-1-2-4-11(10)9-22/h7-8,10-11H,1-6,9H2,(H,20,23)(H,21,24)/t10-,11+/m1/s1. The van der Waals surface area contributed by atoms with Crippen molar-refractivity contribution in [2.45, 2.75) is 38.3 Å². The zero-order valence-electron chi connectivity index (χ0n) is 13.2. The van der Waals surface area contributed by atoms with E-state index in [0.717, 1.165) is 19.3 Å². The molecule has 2 N–H and O–H groups in total. The number of nitrogens with zero attached hydrogens (tertiary/aromatic N) is 1. The number of carbonyl (C=O) groups is 1. The van der Waals surface area contributed by atoms with Gasteiger partial charge in [-0.3, -0.25) is 4.79 Å². The third kappa shape index (κ3) is 3.57. The molecule has 2 heterocycles. The maximum absolute atomic E-state index is 12.7. The first kappa shape index (κ1) is 16.9. The van der Waals surface area contributed by atoms with Crippen LogP contribution in [0.25, 0.3) is 0 Å². The molecule has 1 saturated heterocycles. The lowest BCUT2D eigenvalue weighted by Crippen LogP contribution is -2.46. The minimum Gasteiger partial charge on any atom is -0.327 e. The predicted molar refractivity (Wildman–Crippen MR) is 82.7 cm³/mol. The minimum absolute atomic E-state index is 0.374. The Morgan fingerprint density at radius 2 is 1.92 bits per heavy atom. The lowest BCUT2D eigenvalue weighted by Gasteiger charge is -2.41. The number of rotatable bonds is 1. The topological polar surface area (TPSA) is 65.2 Å². The molecule has 0 aromatic carbocycles. The van der Waals surface area contributed by atoms with Gasteiger partial charge in [-0.15, -0.1) is 0 Å². The first-order valence-corrected chi connectivity index (χ1v) is 8.20. The van der Waals surface area contributed by atoms with E-state index in [4.69, 9.17) is 0 Å². The van der Waals surface area contributed by atoms with E-state index in [1.807, 2.05) is 4.98 Å². The number of fused-ring (bicyclic) bond motifs is 1. The number of nitrogens with one attached hydrogen (secondary N) is 2. The average Bonchev–Trinajstić information content (AvgIpc) is 2.55. The van der Waals surface area contributed by atoms with Crippen LogP contribution in [0.4, 0.5) is 23.7 Å². The average molecular weight is 343 g/mol. The Kier molecular flexibility index (Phi) is 4.56. The first-order chi connectivity index (χ1) is 11.3. The molecule has 2 aliphatic rings. The number of anilines is 1. The van der Waals surface area contributed by atoms with Crippen LogP contribution in [0, 0.1) is 11.8 Å². The van der Waals surface area contributed by atoms with E-state index in [2.05, 4.69) is 5.32 Å². The number of carbonyl (C=O) groups excluding carboxylic acids is 1. The quantitative estimate of drug-likeness (QED) is 0.820. The molecule has 1 aromatic rings. The smallest absolute Gasteiger partial charge is 0.327 e. The van der Waals surface area contributed by atoms with Crippen LogP contribution in [-0.2, 0) is 6.18 Å². The van der Waals surface area contributed by atoms with Crippen molar-refractivity contribution in [1.82, 2.24) is 9.88 Å². The fraction of sp³-hybridized carbons (Fsp3) is 0.625. The van der Waals surface area contributed by atoms with Crippen LogP contribution in [0.3, 0.4) is 0 Å². The molecular formula is C16H20F3N3O2. The van der Waals surface area contributed by atoms with Gasteiger partial charge in [-0.1, -0.05) is 19.3 Å². The number of alkyl halides is 3. The van der Waals surface area contributed by atoms with Crippen molar-refractivity contribution in [2.75, 3.05) is 18.4 Å². The Balaban J connectivity index is 1.70. The largest absolute Gasteiger partial charge is 0.417 e. The molecule has 1 aliphatic carbocycles. The van der Waals surface area contributed by atoms with E-state index in [0.29, 0.717) is 37.2 Å². The summed E-state index contributed by atoms with van der Waals surface area (Å²) in [5.74, 6) is 1.10. The molecule has 0 spiro atoms. The molecule has 2 fully saturated rings. The summed E-state index contributed by atoms with van der Waals surface area (Å²) >= 11 is 0. The summed E-state index contributed by atoms with van der Waals surface area (Å²) in [5.41, 5.74) is -2.12. The minimum atomic E-state index is -4.58. The van der Waals surface area contributed by atoms with E-state index >= 15 is 0 Å². The fourth-order valence-electron chi connectivity index (χ4n) is 3.72. The van der Waals surface area contributed by atoms with E-state index < -0.39 is 23.3 Å². The van der Waals surface area contributed by atoms with E-state index in [-0.39, 0.29) is 5.69 Å². The second-order valence-electron chi connectivity index (χ2n) is 6.60. The van der Waals surface area contributed by atoms with Crippen molar-refractivity contribution >= 4 is 11.7 Å². The van der Waals surface area contributed by atoms with Crippen LogP contribution in [0.15, 0.2) is 17.1 Å². The summed E-state index contributed by atoms with van der Waals surface area (Å²) < 4.78 is 38.2. The van der Waals surface area contributed by atoms with Crippen LogP contribution < -0.4 is 10.9 Å². The van der Waals surface area contributed by atoms with E-state index in [9.17, 15) is 22.8 Å². The van der Waals surface area contributed by atoms with Crippen molar-refractivity contribution in [3.8, 4) is 0 Å². The number of hydrogen-bond acceptors (Lipinski definition) is 2. The maximum Gasteiger partial charge on any atom is 0.417 e. The highest BCUT2D eigenvalue weighted by Gasteiger charge is 2.34. The van der Waals surface area contributed by atoms with Gasteiger partial charge in [-0.2, -0.15) is 13.2 Å². The third-order valence-electron chi connectivity index (χ3n) is 5.05. The van der Waals surface area contributed by atoms with Crippen molar-refractivity contribution < 1.29 is 18.0 Å². The van der Waals surface area contributed by atoms with Crippen LogP contribution in [-0.4, -0.2) is 29.0 Å². The highest BCUT2D eigenvalue weighted by atomic mass is 19.4. The van der Waals surface area contributed by atoms with Crippen molar-refractivity contribution in [1.29, 1.82) is 0 Å².